The van der Waals surface area contributed by atoms with Gasteiger partial charge in [0.25, 0.3) is 5.91 Å². The maximum atomic E-state index is 12.9. The lowest BCUT2D eigenvalue weighted by atomic mass is 10.0. The van der Waals surface area contributed by atoms with Crippen LogP contribution in [0.2, 0.25) is 0 Å². The molecule has 0 bridgehead atoms. The Morgan fingerprint density at radius 1 is 1.12 bits per heavy atom. The topological polar surface area (TPSA) is 103 Å². The largest absolute Gasteiger partial charge is 0.493 e. The van der Waals surface area contributed by atoms with Crippen molar-refractivity contribution in [3.8, 4) is 11.5 Å². The zero-order valence-corrected chi connectivity index (χ0v) is 21.3. The number of nitrogens with two attached hydrogens (primary N) is 1. The predicted molar refractivity (Wildman–Crippen MR) is 139 cm³/mol. The van der Waals surface area contributed by atoms with E-state index in [2.05, 4.69) is 17.2 Å². The number of ether oxygens (including phenoxy) is 2. The van der Waals surface area contributed by atoms with Gasteiger partial charge >= 0.3 is 0 Å². The van der Waals surface area contributed by atoms with Crippen LogP contribution in [0.3, 0.4) is 0 Å². The summed E-state index contributed by atoms with van der Waals surface area (Å²) in [4.78, 5) is 24.7. The van der Waals surface area contributed by atoms with E-state index in [1.807, 2.05) is 39.8 Å². The molecule has 1 atom stereocenters. The number of nitrogens with one attached hydrogen (secondary N) is 2. The van der Waals surface area contributed by atoms with Crippen LogP contribution < -0.4 is 25.8 Å². The number of anilines is 1. The second kappa shape index (κ2) is 14.8. The van der Waals surface area contributed by atoms with Crippen LogP contribution in [0.4, 0.5) is 5.69 Å². The highest BCUT2D eigenvalue weighted by Gasteiger charge is 2.12. The first-order valence-corrected chi connectivity index (χ1v) is 11.4. The molecule has 0 saturated carbocycles. The van der Waals surface area contributed by atoms with E-state index in [9.17, 15) is 9.59 Å². The van der Waals surface area contributed by atoms with Crippen molar-refractivity contribution < 1.29 is 19.1 Å². The highest BCUT2D eigenvalue weighted by Crippen LogP contribution is 2.30. The quantitative estimate of drug-likeness (QED) is 0.221. The van der Waals surface area contributed by atoms with Crippen LogP contribution in [-0.4, -0.2) is 38.6 Å². The second-order valence-corrected chi connectivity index (χ2v) is 8.05. The number of carbonyl (C=O) groups excluding carboxylic acids is 2. The molecule has 0 heterocycles. The third-order valence-corrected chi connectivity index (χ3v) is 5.24. The number of hydrogen-bond donors (Lipinski definition) is 3. The van der Waals surface area contributed by atoms with Crippen LogP contribution in [0.5, 0.6) is 11.5 Å². The minimum atomic E-state index is -0.459. The molecule has 0 aliphatic carbocycles. The van der Waals surface area contributed by atoms with Gasteiger partial charge < -0.3 is 25.8 Å². The molecule has 0 radical (unpaired) electrons. The Balaban J connectivity index is 2.88. The third-order valence-electron chi connectivity index (χ3n) is 5.24. The van der Waals surface area contributed by atoms with Gasteiger partial charge in [0.2, 0.25) is 5.91 Å². The standard InChI is InChI=1S/C27H39N3O4/c1-8-20(26(31)30-22-12-13-24(33-6)25(17-22)34-7)16-21(18(3)4)15-19(5)11-10-14-29-27(32)23(28)9-2/h8,12-13,15-17,23H,3,9-11,14,28H2,1-2,4-7H3,(H,29,32)(H,30,31). The molecule has 0 spiro atoms. The summed E-state index contributed by atoms with van der Waals surface area (Å²) in [5, 5.41) is 5.75. The molecule has 1 aromatic rings. The lowest BCUT2D eigenvalue weighted by Crippen LogP contribution is -2.40. The summed E-state index contributed by atoms with van der Waals surface area (Å²) in [6.07, 6.45) is 7.82. The van der Waals surface area contributed by atoms with Gasteiger partial charge in [0.15, 0.2) is 11.5 Å². The van der Waals surface area contributed by atoms with Crippen LogP contribution in [-0.2, 0) is 9.59 Å². The Bertz CT molecular complexity index is 961. The van der Waals surface area contributed by atoms with Crippen molar-refractivity contribution in [2.75, 3.05) is 26.1 Å². The first kappa shape index (κ1) is 28.7. The van der Waals surface area contributed by atoms with Crippen molar-refractivity contribution in [1.29, 1.82) is 0 Å². The van der Waals surface area contributed by atoms with Crippen molar-refractivity contribution in [2.24, 2.45) is 5.73 Å². The van der Waals surface area contributed by atoms with E-state index < -0.39 is 6.04 Å². The Labute approximate surface area is 203 Å². The highest BCUT2D eigenvalue weighted by molar-refractivity contribution is 6.06. The molecule has 1 aromatic carbocycles. The van der Waals surface area contributed by atoms with E-state index in [0.29, 0.717) is 35.7 Å². The summed E-state index contributed by atoms with van der Waals surface area (Å²) < 4.78 is 10.5. The maximum Gasteiger partial charge on any atom is 0.255 e. The Kier molecular flexibility index (Phi) is 12.5. The first-order valence-electron chi connectivity index (χ1n) is 11.4. The molecule has 2 amide bonds. The number of hydrogen-bond acceptors (Lipinski definition) is 5. The number of rotatable bonds is 13. The molecule has 0 aliphatic heterocycles. The fraction of sp³-hybridized carbons (Fsp3) is 0.407. The van der Waals surface area contributed by atoms with Gasteiger partial charge in [-0.1, -0.05) is 36.8 Å². The van der Waals surface area contributed by atoms with Crippen molar-refractivity contribution in [2.45, 2.75) is 53.0 Å². The van der Waals surface area contributed by atoms with E-state index >= 15 is 0 Å². The summed E-state index contributed by atoms with van der Waals surface area (Å²) in [5.41, 5.74) is 9.68. The molecule has 1 unspecified atom stereocenters. The van der Waals surface area contributed by atoms with Crippen LogP contribution in [0.25, 0.3) is 0 Å². The van der Waals surface area contributed by atoms with E-state index in [0.717, 1.165) is 29.6 Å². The Hall–Kier alpha value is -3.32. The Morgan fingerprint density at radius 3 is 2.35 bits per heavy atom. The lowest BCUT2D eigenvalue weighted by Gasteiger charge is -2.12. The Morgan fingerprint density at radius 2 is 1.79 bits per heavy atom. The maximum absolute atomic E-state index is 12.9. The molecular formula is C27H39N3O4. The van der Waals surface area contributed by atoms with Gasteiger partial charge in [0.1, 0.15) is 0 Å². The van der Waals surface area contributed by atoms with Crippen LogP contribution in [0, 0.1) is 0 Å². The number of benzene rings is 1. The van der Waals surface area contributed by atoms with Crippen LogP contribution >= 0.6 is 0 Å². The molecule has 0 saturated heterocycles. The summed E-state index contributed by atoms with van der Waals surface area (Å²) in [6, 6.07) is 4.75. The van der Waals surface area contributed by atoms with Crippen molar-refractivity contribution in [3.63, 3.8) is 0 Å². The highest BCUT2D eigenvalue weighted by atomic mass is 16.5. The molecule has 0 fully saturated rings. The zero-order chi connectivity index (χ0) is 25.7. The van der Waals surface area contributed by atoms with Crippen molar-refractivity contribution >= 4 is 17.5 Å². The van der Waals surface area contributed by atoms with E-state index in [4.69, 9.17) is 15.2 Å². The molecule has 34 heavy (non-hydrogen) atoms. The monoisotopic (exact) mass is 469 g/mol. The fourth-order valence-corrected chi connectivity index (χ4v) is 3.09. The summed E-state index contributed by atoms with van der Waals surface area (Å²) in [5.74, 6) is 0.760. The minimum absolute atomic E-state index is 0.120. The molecular weight excluding hydrogens is 430 g/mol. The molecule has 186 valence electrons. The molecule has 7 heteroatoms. The summed E-state index contributed by atoms with van der Waals surface area (Å²) in [7, 11) is 3.11. The van der Waals surface area contributed by atoms with E-state index in [1.54, 1.807) is 38.5 Å². The molecule has 4 N–H and O–H groups in total. The summed E-state index contributed by atoms with van der Waals surface area (Å²) >= 11 is 0. The van der Waals surface area contributed by atoms with Gasteiger partial charge in [-0.3, -0.25) is 9.59 Å². The van der Waals surface area contributed by atoms with Gasteiger partial charge in [0.05, 0.1) is 20.3 Å². The van der Waals surface area contributed by atoms with E-state index in [-0.39, 0.29) is 11.8 Å². The normalized spacial score (nSPS) is 13.2. The van der Waals surface area contributed by atoms with Gasteiger partial charge in [0, 0.05) is 23.9 Å². The second-order valence-electron chi connectivity index (χ2n) is 8.05. The minimum Gasteiger partial charge on any atom is -0.493 e. The molecule has 7 nitrogen and oxygen atoms in total. The van der Waals surface area contributed by atoms with Crippen LogP contribution in [0.1, 0.15) is 47.0 Å². The average Bonchev–Trinajstić information content (AvgIpc) is 2.83. The van der Waals surface area contributed by atoms with Crippen molar-refractivity contribution in [1.82, 2.24) is 5.32 Å². The number of carbonyl (C=O) groups is 2. The van der Waals surface area contributed by atoms with E-state index in [1.165, 1.54) is 0 Å². The van der Waals surface area contributed by atoms with Gasteiger partial charge in [-0.15, -0.1) is 0 Å². The first-order chi connectivity index (χ1) is 16.2. The SMILES string of the molecule is C=C(C)C(C=C(C)CCCNC(=O)C(N)CC)=CC(=CC)C(=O)Nc1ccc(OC)c(OC)c1. The van der Waals surface area contributed by atoms with Gasteiger partial charge in [-0.05, 0) is 63.8 Å². The average molecular weight is 470 g/mol. The number of amides is 2. The smallest absolute Gasteiger partial charge is 0.255 e. The predicted octanol–water partition coefficient (Wildman–Crippen LogP) is 4.67. The number of allylic oxidation sites excluding steroid dienone is 5. The van der Waals surface area contributed by atoms with Crippen LogP contribution in [0.15, 0.2) is 65.3 Å². The molecule has 0 aliphatic rings. The number of methoxy groups -OCH3 is 2. The third kappa shape index (κ3) is 9.27. The zero-order valence-electron chi connectivity index (χ0n) is 21.3. The lowest BCUT2D eigenvalue weighted by molar-refractivity contribution is -0.122. The summed E-state index contributed by atoms with van der Waals surface area (Å²) in [6.45, 7) is 12.3. The van der Waals surface area contributed by atoms with Gasteiger partial charge in [-0.2, -0.15) is 0 Å². The molecule has 0 aromatic heterocycles. The van der Waals surface area contributed by atoms with Gasteiger partial charge in [-0.25, -0.2) is 0 Å². The fourth-order valence-electron chi connectivity index (χ4n) is 3.09. The molecule has 1 rings (SSSR count). The van der Waals surface area contributed by atoms with Crippen molar-refractivity contribution in [3.05, 3.63) is 65.3 Å².